The maximum absolute atomic E-state index is 5.41. The molecule has 2 N–H and O–H groups in total. The van der Waals surface area contributed by atoms with E-state index < -0.39 is 0 Å². The van der Waals surface area contributed by atoms with Crippen molar-refractivity contribution in [3.05, 3.63) is 42.5 Å². The Hall–Kier alpha value is -1.32. The Bertz CT molecular complexity index is 285. The summed E-state index contributed by atoms with van der Waals surface area (Å²) in [5, 5.41) is 0. The molecule has 0 atom stereocenters. The molecule has 0 bridgehead atoms. The fourth-order valence-electron chi connectivity index (χ4n) is 1.12. The van der Waals surface area contributed by atoms with Gasteiger partial charge in [-0.05, 0) is 0 Å². The molecule has 0 heterocycles. The fourth-order valence-corrected chi connectivity index (χ4v) is 1.12. The number of nitrogens with two attached hydrogens (primary N) is 1. The van der Waals surface area contributed by atoms with Crippen LogP contribution in [0.2, 0.25) is 0 Å². The predicted molar refractivity (Wildman–Crippen MR) is 61.3 cm³/mol. The highest BCUT2D eigenvalue weighted by Gasteiger charge is 1.97. The quantitative estimate of drug-likeness (QED) is 0.546. The SMILES string of the molecule is C=C(OCCOCCN)c1ccccc1. The lowest BCUT2D eigenvalue weighted by Crippen LogP contribution is -2.11. The Balaban J connectivity index is 2.20. The van der Waals surface area contributed by atoms with Crippen molar-refractivity contribution in [3.8, 4) is 0 Å². The van der Waals surface area contributed by atoms with E-state index in [-0.39, 0.29) is 0 Å². The van der Waals surface area contributed by atoms with E-state index in [9.17, 15) is 0 Å². The molecule has 15 heavy (non-hydrogen) atoms. The van der Waals surface area contributed by atoms with Crippen molar-refractivity contribution >= 4 is 5.76 Å². The number of hydrogen-bond donors (Lipinski definition) is 1. The summed E-state index contributed by atoms with van der Waals surface area (Å²) in [6.45, 7) is 6.00. The van der Waals surface area contributed by atoms with E-state index in [1.54, 1.807) is 0 Å². The smallest absolute Gasteiger partial charge is 0.119 e. The lowest BCUT2D eigenvalue weighted by atomic mass is 10.2. The van der Waals surface area contributed by atoms with Crippen LogP contribution < -0.4 is 5.73 Å². The maximum atomic E-state index is 5.41. The van der Waals surface area contributed by atoms with Crippen molar-refractivity contribution < 1.29 is 9.47 Å². The van der Waals surface area contributed by atoms with Gasteiger partial charge in [-0.15, -0.1) is 0 Å². The molecule has 0 aliphatic carbocycles. The molecule has 0 saturated heterocycles. The Morgan fingerprint density at radius 3 is 2.53 bits per heavy atom. The summed E-state index contributed by atoms with van der Waals surface area (Å²) in [6, 6.07) is 9.79. The van der Waals surface area contributed by atoms with Gasteiger partial charge in [0.15, 0.2) is 0 Å². The first-order valence-electron chi connectivity index (χ1n) is 4.99. The lowest BCUT2D eigenvalue weighted by Gasteiger charge is -2.09. The normalized spacial score (nSPS) is 9.93. The van der Waals surface area contributed by atoms with E-state index in [0.29, 0.717) is 32.1 Å². The van der Waals surface area contributed by atoms with Gasteiger partial charge in [-0.1, -0.05) is 36.9 Å². The molecule has 1 aromatic carbocycles. The summed E-state index contributed by atoms with van der Waals surface area (Å²) < 4.78 is 10.6. The average molecular weight is 207 g/mol. The Kier molecular flexibility index (Phi) is 5.51. The molecule has 0 saturated carbocycles. The van der Waals surface area contributed by atoms with Gasteiger partial charge in [0.05, 0.1) is 13.2 Å². The molecule has 3 heteroatoms. The van der Waals surface area contributed by atoms with Crippen molar-refractivity contribution in [2.45, 2.75) is 0 Å². The van der Waals surface area contributed by atoms with Crippen LogP contribution >= 0.6 is 0 Å². The molecule has 0 unspecified atom stereocenters. The Morgan fingerprint density at radius 1 is 1.13 bits per heavy atom. The summed E-state index contributed by atoms with van der Waals surface area (Å²) in [6.07, 6.45) is 0. The van der Waals surface area contributed by atoms with E-state index in [1.807, 2.05) is 30.3 Å². The van der Waals surface area contributed by atoms with Crippen LogP contribution in [0.3, 0.4) is 0 Å². The molecule has 82 valence electrons. The molecular formula is C12H17NO2. The van der Waals surface area contributed by atoms with Gasteiger partial charge in [0, 0.05) is 12.1 Å². The second kappa shape index (κ2) is 7.04. The molecule has 0 fully saturated rings. The van der Waals surface area contributed by atoms with Crippen molar-refractivity contribution in [1.82, 2.24) is 0 Å². The summed E-state index contributed by atoms with van der Waals surface area (Å²) in [5.41, 5.74) is 6.27. The number of benzene rings is 1. The van der Waals surface area contributed by atoms with Gasteiger partial charge in [0.2, 0.25) is 0 Å². The first-order valence-corrected chi connectivity index (χ1v) is 4.99. The molecule has 1 aromatic rings. The molecule has 0 aromatic heterocycles. The predicted octanol–water partition coefficient (Wildman–Crippen LogP) is 1.65. The molecular weight excluding hydrogens is 190 g/mol. The van der Waals surface area contributed by atoms with E-state index in [0.717, 1.165) is 5.56 Å². The van der Waals surface area contributed by atoms with E-state index in [1.165, 1.54) is 0 Å². The van der Waals surface area contributed by atoms with Crippen LogP contribution in [0.1, 0.15) is 5.56 Å². The Morgan fingerprint density at radius 2 is 1.87 bits per heavy atom. The van der Waals surface area contributed by atoms with Crippen LogP contribution in [0.15, 0.2) is 36.9 Å². The number of ether oxygens (including phenoxy) is 2. The van der Waals surface area contributed by atoms with Gasteiger partial charge in [0.25, 0.3) is 0 Å². The van der Waals surface area contributed by atoms with Gasteiger partial charge in [-0.2, -0.15) is 0 Å². The highest BCUT2D eigenvalue weighted by atomic mass is 16.5. The van der Waals surface area contributed by atoms with Crippen molar-refractivity contribution in [3.63, 3.8) is 0 Å². The van der Waals surface area contributed by atoms with E-state index in [4.69, 9.17) is 15.2 Å². The Labute approximate surface area is 90.5 Å². The largest absolute Gasteiger partial charge is 0.491 e. The molecule has 1 rings (SSSR count). The van der Waals surface area contributed by atoms with Crippen LogP contribution in [0, 0.1) is 0 Å². The minimum atomic E-state index is 0.508. The second-order valence-electron chi connectivity index (χ2n) is 3.04. The zero-order chi connectivity index (χ0) is 10.9. The van der Waals surface area contributed by atoms with Crippen molar-refractivity contribution in [2.24, 2.45) is 5.73 Å². The van der Waals surface area contributed by atoms with Crippen LogP contribution in [-0.4, -0.2) is 26.4 Å². The van der Waals surface area contributed by atoms with Gasteiger partial charge in [-0.25, -0.2) is 0 Å². The van der Waals surface area contributed by atoms with Crippen molar-refractivity contribution in [2.75, 3.05) is 26.4 Å². The molecule has 0 aliphatic heterocycles. The highest BCUT2D eigenvalue weighted by Crippen LogP contribution is 2.12. The molecule has 0 amide bonds. The summed E-state index contributed by atoms with van der Waals surface area (Å²) in [4.78, 5) is 0. The standard InChI is InChI=1S/C12H17NO2/c1-11(12-5-3-2-4-6-12)15-10-9-14-8-7-13/h2-6H,1,7-10,13H2. The maximum Gasteiger partial charge on any atom is 0.119 e. The van der Waals surface area contributed by atoms with Crippen LogP contribution in [-0.2, 0) is 9.47 Å². The average Bonchev–Trinajstić information content (AvgIpc) is 2.30. The topological polar surface area (TPSA) is 44.5 Å². The lowest BCUT2D eigenvalue weighted by molar-refractivity contribution is 0.0965. The zero-order valence-electron chi connectivity index (χ0n) is 8.82. The first kappa shape index (κ1) is 11.8. The third-order valence-corrected chi connectivity index (χ3v) is 1.86. The molecule has 3 nitrogen and oxygen atoms in total. The fraction of sp³-hybridized carbons (Fsp3) is 0.333. The van der Waals surface area contributed by atoms with Crippen molar-refractivity contribution in [1.29, 1.82) is 0 Å². The third-order valence-electron chi connectivity index (χ3n) is 1.86. The number of rotatable bonds is 7. The van der Waals surface area contributed by atoms with Crippen LogP contribution in [0.5, 0.6) is 0 Å². The highest BCUT2D eigenvalue weighted by molar-refractivity contribution is 5.56. The molecule has 0 spiro atoms. The van der Waals surface area contributed by atoms with Gasteiger partial charge >= 0.3 is 0 Å². The van der Waals surface area contributed by atoms with E-state index in [2.05, 4.69) is 6.58 Å². The van der Waals surface area contributed by atoms with Gasteiger partial charge in [0.1, 0.15) is 12.4 Å². The number of hydrogen-bond acceptors (Lipinski definition) is 3. The molecule has 0 aliphatic rings. The minimum Gasteiger partial charge on any atom is -0.491 e. The summed E-state index contributed by atoms with van der Waals surface area (Å²) >= 11 is 0. The third kappa shape index (κ3) is 4.63. The van der Waals surface area contributed by atoms with Crippen LogP contribution in [0.25, 0.3) is 5.76 Å². The first-order chi connectivity index (χ1) is 7.34. The minimum absolute atomic E-state index is 0.508. The summed E-state index contributed by atoms with van der Waals surface area (Å²) in [5.74, 6) is 0.673. The monoisotopic (exact) mass is 207 g/mol. The van der Waals surface area contributed by atoms with E-state index >= 15 is 0 Å². The molecule has 0 radical (unpaired) electrons. The van der Waals surface area contributed by atoms with Gasteiger partial charge < -0.3 is 15.2 Å². The summed E-state index contributed by atoms with van der Waals surface area (Å²) in [7, 11) is 0. The second-order valence-corrected chi connectivity index (χ2v) is 3.04. The van der Waals surface area contributed by atoms with Gasteiger partial charge in [-0.3, -0.25) is 0 Å². The van der Waals surface area contributed by atoms with Crippen LogP contribution in [0.4, 0.5) is 0 Å². The zero-order valence-corrected chi connectivity index (χ0v) is 8.82.